The number of hydrogen-bond donors (Lipinski definition) is 0. The third-order valence-corrected chi connectivity index (χ3v) is 1.48. The van der Waals surface area contributed by atoms with Gasteiger partial charge >= 0.3 is 0 Å². The summed E-state index contributed by atoms with van der Waals surface area (Å²) in [4.78, 5) is 7.85. The van der Waals surface area contributed by atoms with Gasteiger partial charge in [0.15, 0.2) is 5.54 Å². The van der Waals surface area contributed by atoms with Crippen LogP contribution in [0.5, 0.6) is 0 Å². The van der Waals surface area contributed by atoms with Gasteiger partial charge < -0.3 is 5.21 Å². The fraction of sp³-hybridized carbons (Fsp3) is 0.444. The summed E-state index contributed by atoms with van der Waals surface area (Å²) in [5.41, 5.74) is -0.445. The molecule has 0 saturated carbocycles. The van der Waals surface area contributed by atoms with Crippen molar-refractivity contribution in [2.24, 2.45) is 0 Å². The Bertz CT molecular complexity index is 300. The third-order valence-electron chi connectivity index (χ3n) is 1.48. The zero-order valence-corrected chi connectivity index (χ0v) is 8.06. The Morgan fingerprint density at radius 2 is 1.85 bits per heavy atom. The van der Waals surface area contributed by atoms with Crippen LogP contribution in [0.3, 0.4) is 0 Å². The van der Waals surface area contributed by atoms with Crippen molar-refractivity contribution >= 4 is 6.21 Å². The van der Waals surface area contributed by atoms with Crippen LogP contribution in [0.4, 0.5) is 0 Å². The molecule has 1 aromatic heterocycles. The van der Waals surface area contributed by atoms with Crippen LogP contribution in [0.2, 0.25) is 0 Å². The molecule has 0 bridgehead atoms. The molecule has 70 valence electrons. The quantitative estimate of drug-likeness (QED) is 0.282. The Balaban J connectivity index is 2.90. The number of hydrogen-bond acceptors (Lipinski definition) is 3. The van der Waals surface area contributed by atoms with Gasteiger partial charge in [0.2, 0.25) is 12.0 Å². The molecule has 0 N–H and O–H groups in total. The van der Waals surface area contributed by atoms with Gasteiger partial charge in [-0.15, -0.1) is 0 Å². The molecule has 0 amide bonds. The van der Waals surface area contributed by atoms with Gasteiger partial charge in [-0.3, -0.25) is 0 Å². The topological polar surface area (TPSA) is 51.9 Å². The monoisotopic (exact) mass is 179 g/mol. The van der Waals surface area contributed by atoms with Gasteiger partial charge in [0, 0.05) is 33.2 Å². The highest BCUT2D eigenvalue weighted by Crippen LogP contribution is 2.04. The molecule has 0 saturated heterocycles. The summed E-state index contributed by atoms with van der Waals surface area (Å²) in [7, 11) is 0. The highest BCUT2D eigenvalue weighted by Gasteiger charge is 2.18. The minimum atomic E-state index is -0.445. The van der Waals surface area contributed by atoms with E-state index in [0.29, 0.717) is 5.82 Å². The average Bonchev–Trinajstić information content (AvgIpc) is 2.04. The summed E-state index contributed by atoms with van der Waals surface area (Å²) in [6.07, 6.45) is 4.60. The van der Waals surface area contributed by atoms with Crippen molar-refractivity contribution in [3.63, 3.8) is 0 Å². The second kappa shape index (κ2) is 3.51. The molecule has 0 aliphatic rings. The minimum Gasteiger partial charge on any atom is -0.623 e. The SMILES string of the molecule is CC(C)(C)[N+]([O-])=Cc1ncccn1. The Morgan fingerprint density at radius 3 is 2.31 bits per heavy atom. The molecule has 4 nitrogen and oxygen atoms in total. The molecule has 0 aromatic carbocycles. The number of hydroxylamine groups is 1. The van der Waals surface area contributed by atoms with Crippen molar-refractivity contribution in [3.8, 4) is 0 Å². The molecule has 1 aromatic rings. The maximum Gasteiger partial charge on any atom is 0.220 e. The van der Waals surface area contributed by atoms with Gasteiger partial charge in [0.1, 0.15) is 0 Å². The summed E-state index contributed by atoms with van der Waals surface area (Å²) in [5.74, 6) is 0.437. The lowest BCUT2D eigenvalue weighted by molar-refractivity contribution is -0.530. The van der Waals surface area contributed by atoms with Crippen molar-refractivity contribution in [1.29, 1.82) is 0 Å². The molecule has 0 spiro atoms. The molecular weight excluding hydrogens is 166 g/mol. The maximum atomic E-state index is 11.4. The van der Waals surface area contributed by atoms with Gasteiger partial charge in [-0.25, -0.2) is 14.7 Å². The van der Waals surface area contributed by atoms with Crippen LogP contribution in [0, 0.1) is 5.21 Å². The summed E-state index contributed by atoms with van der Waals surface area (Å²) >= 11 is 0. The van der Waals surface area contributed by atoms with E-state index < -0.39 is 5.54 Å². The first-order chi connectivity index (χ1) is 6.00. The normalized spacial score (nSPS) is 13.0. The first kappa shape index (κ1) is 9.64. The smallest absolute Gasteiger partial charge is 0.220 e. The van der Waals surface area contributed by atoms with E-state index in [4.69, 9.17) is 0 Å². The van der Waals surface area contributed by atoms with Crippen LogP contribution in [0.25, 0.3) is 0 Å². The maximum absolute atomic E-state index is 11.4. The molecular formula is C9H13N3O. The van der Waals surface area contributed by atoms with Gasteiger partial charge in [-0.1, -0.05) is 0 Å². The third kappa shape index (κ3) is 2.82. The number of aromatic nitrogens is 2. The predicted molar refractivity (Wildman–Crippen MR) is 50.6 cm³/mol. The van der Waals surface area contributed by atoms with Crippen molar-refractivity contribution in [3.05, 3.63) is 29.5 Å². The second-order valence-electron chi connectivity index (χ2n) is 3.73. The van der Waals surface area contributed by atoms with Gasteiger partial charge in [0.25, 0.3) is 0 Å². The van der Waals surface area contributed by atoms with Crippen molar-refractivity contribution < 1.29 is 4.74 Å². The Hall–Kier alpha value is -1.45. The molecule has 0 aliphatic carbocycles. The van der Waals surface area contributed by atoms with Crippen LogP contribution in [0.1, 0.15) is 26.6 Å². The van der Waals surface area contributed by atoms with E-state index in [1.54, 1.807) is 18.5 Å². The summed E-state index contributed by atoms with van der Waals surface area (Å²) in [6, 6.07) is 1.71. The molecule has 0 unspecified atom stereocenters. The fourth-order valence-corrected chi connectivity index (χ4v) is 0.676. The number of rotatable bonds is 1. The van der Waals surface area contributed by atoms with Crippen LogP contribution in [0.15, 0.2) is 18.5 Å². The van der Waals surface area contributed by atoms with E-state index in [0.717, 1.165) is 4.74 Å². The van der Waals surface area contributed by atoms with E-state index in [1.165, 1.54) is 6.21 Å². The lowest BCUT2D eigenvalue weighted by Gasteiger charge is -2.17. The molecule has 0 fully saturated rings. The first-order valence-electron chi connectivity index (χ1n) is 4.08. The molecule has 0 aliphatic heterocycles. The second-order valence-corrected chi connectivity index (χ2v) is 3.73. The van der Waals surface area contributed by atoms with Crippen LogP contribution >= 0.6 is 0 Å². The van der Waals surface area contributed by atoms with Gasteiger partial charge in [-0.05, 0) is 6.07 Å². The van der Waals surface area contributed by atoms with Crippen molar-refractivity contribution in [1.82, 2.24) is 9.97 Å². The Kier molecular flexibility index (Phi) is 2.60. The molecule has 1 rings (SSSR count). The van der Waals surface area contributed by atoms with Crippen molar-refractivity contribution in [2.75, 3.05) is 0 Å². The zero-order valence-electron chi connectivity index (χ0n) is 8.06. The standard InChI is InChI=1S/C9H13N3O/c1-9(2,3)12(13)7-8-10-5-4-6-11-8/h4-7H,1-3H3. The van der Waals surface area contributed by atoms with Crippen LogP contribution in [-0.2, 0) is 0 Å². The summed E-state index contributed by atoms with van der Waals surface area (Å²) in [6.45, 7) is 5.50. The zero-order chi connectivity index (χ0) is 9.90. The molecule has 1 heterocycles. The molecule has 0 radical (unpaired) electrons. The minimum absolute atomic E-state index is 0.437. The van der Waals surface area contributed by atoms with E-state index in [-0.39, 0.29) is 0 Å². The van der Waals surface area contributed by atoms with E-state index in [2.05, 4.69) is 9.97 Å². The number of nitrogens with zero attached hydrogens (tertiary/aromatic N) is 3. The first-order valence-corrected chi connectivity index (χ1v) is 4.08. The van der Waals surface area contributed by atoms with E-state index >= 15 is 0 Å². The van der Waals surface area contributed by atoms with Crippen molar-refractivity contribution in [2.45, 2.75) is 26.3 Å². The highest BCUT2D eigenvalue weighted by molar-refractivity contribution is 5.69. The van der Waals surface area contributed by atoms with E-state index in [1.807, 2.05) is 20.8 Å². The van der Waals surface area contributed by atoms with Crippen LogP contribution in [-0.4, -0.2) is 26.5 Å². The molecule has 0 atom stereocenters. The average molecular weight is 179 g/mol. The van der Waals surface area contributed by atoms with Crippen LogP contribution < -0.4 is 0 Å². The Morgan fingerprint density at radius 1 is 1.31 bits per heavy atom. The molecule has 4 heteroatoms. The lowest BCUT2D eigenvalue weighted by Crippen LogP contribution is -2.29. The van der Waals surface area contributed by atoms with Gasteiger partial charge in [-0.2, -0.15) is 0 Å². The molecule has 13 heavy (non-hydrogen) atoms. The Labute approximate surface area is 77.5 Å². The van der Waals surface area contributed by atoms with Gasteiger partial charge in [0.05, 0.1) is 0 Å². The fourth-order valence-electron chi connectivity index (χ4n) is 0.676. The highest BCUT2D eigenvalue weighted by atomic mass is 16.5. The van der Waals surface area contributed by atoms with E-state index in [9.17, 15) is 5.21 Å². The largest absolute Gasteiger partial charge is 0.623 e. The summed E-state index contributed by atoms with van der Waals surface area (Å²) < 4.78 is 0.850. The summed E-state index contributed by atoms with van der Waals surface area (Å²) in [5, 5.41) is 11.4. The lowest BCUT2D eigenvalue weighted by atomic mass is 10.1. The predicted octanol–water partition coefficient (Wildman–Crippen LogP) is 1.20.